The highest BCUT2D eigenvalue weighted by atomic mass is 35.5. The van der Waals surface area contributed by atoms with E-state index < -0.39 is 6.09 Å². The summed E-state index contributed by atoms with van der Waals surface area (Å²) in [6, 6.07) is 9.75. The Morgan fingerprint density at radius 2 is 1.95 bits per heavy atom. The van der Waals surface area contributed by atoms with Crippen molar-refractivity contribution in [3.8, 4) is 5.75 Å². The molecule has 0 saturated heterocycles. The number of hydrogen-bond donors (Lipinski definition) is 2. The Labute approximate surface area is 126 Å². The summed E-state index contributed by atoms with van der Waals surface area (Å²) in [5, 5.41) is 3.35. The van der Waals surface area contributed by atoms with Gasteiger partial charge in [0.2, 0.25) is 0 Å². The van der Waals surface area contributed by atoms with Crippen LogP contribution in [0.2, 0.25) is 10.0 Å². The maximum atomic E-state index is 11.8. The van der Waals surface area contributed by atoms with Gasteiger partial charge in [0, 0.05) is 16.8 Å². The lowest BCUT2D eigenvalue weighted by Gasteiger charge is -2.09. The van der Waals surface area contributed by atoms with E-state index in [0.29, 0.717) is 27.2 Å². The number of benzene rings is 2. The van der Waals surface area contributed by atoms with Crippen LogP contribution in [0.5, 0.6) is 5.75 Å². The van der Waals surface area contributed by atoms with Crippen LogP contribution in [0.4, 0.5) is 16.2 Å². The van der Waals surface area contributed by atoms with Gasteiger partial charge in [0.1, 0.15) is 5.75 Å². The highest BCUT2D eigenvalue weighted by Gasteiger charge is 2.09. The SMILES string of the molecule is Cc1ccc(OC(=O)Nc2cc(Cl)ccc2Cl)cc1N. The zero-order chi connectivity index (χ0) is 14.7. The van der Waals surface area contributed by atoms with Crippen LogP contribution in [0, 0.1) is 6.92 Å². The van der Waals surface area contributed by atoms with E-state index in [-0.39, 0.29) is 0 Å². The second-order valence-corrected chi connectivity index (χ2v) is 5.00. The van der Waals surface area contributed by atoms with E-state index in [1.807, 2.05) is 6.92 Å². The third-order valence-corrected chi connectivity index (χ3v) is 3.19. The minimum atomic E-state index is -0.669. The van der Waals surface area contributed by atoms with E-state index in [2.05, 4.69) is 5.32 Å². The molecule has 0 spiro atoms. The summed E-state index contributed by atoms with van der Waals surface area (Å²) >= 11 is 11.8. The van der Waals surface area contributed by atoms with Gasteiger partial charge in [-0.15, -0.1) is 0 Å². The first-order valence-electron chi connectivity index (χ1n) is 5.76. The molecule has 0 aromatic heterocycles. The largest absolute Gasteiger partial charge is 0.417 e. The average Bonchev–Trinajstić information content (AvgIpc) is 2.38. The molecule has 0 heterocycles. The maximum absolute atomic E-state index is 11.8. The smallest absolute Gasteiger partial charge is 0.410 e. The van der Waals surface area contributed by atoms with E-state index >= 15 is 0 Å². The molecular formula is C14H12Cl2N2O2. The van der Waals surface area contributed by atoms with Gasteiger partial charge < -0.3 is 10.5 Å². The molecule has 104 valence electrons. The minimum absolute atomic E-state index is 0.351. The lowest BCUT2D eigenvalue weighted by molar-refractivity contribution is 0.215. The average molecular weight is 311 g/mol. The first kappa shape index (κ1) is 14.5. The summed E-state index contributed by atoms with van der Waals surface area (Å²) in [4.78, 5) is 11.8. The van der Waals surface area contributed by atoms with Gasteiger partial charge in [-0.25, -0.2) is 4.79 Å². The lowest BCUT2D eigenvalue weighted by atomic mass is 10.2. The van der Waals surface area contributed by atoms with Crippen molar-refractivity contribution < 1.29 is 9.53 Å². The Morgan fingerprint density at radius 1 is 1.20 bits per heavy atom. The van der Waals surface area contributed by atoms with Gasteiger partial charge in [-0.2, -0.15) is 0 Å². The Hall–Kier alpha value is -1.91. The zero-order valence-corrected chi connectivity index (χ0v) is 12.1. The standard InChI is InChI=1S/C14H12Cl2N2O2/c1-8-2-4-10(7-12(8)17)20-14(19)18-13-6-9(15)3-5-11(13)16/h2-7H,17H2,1H3,(H,18,19). The van der Waals surface area contributed by atoms with Crippen molar-refractivity contribution in [2.75, 3.05) is 11.1 Å². The molecule has 4 nitrogen and oxygen atoms in total. The number of amides is 1. The number of ether oxygens (including phenoxy) is 1. The summed E-state index contributed by atoms with van der Waals surface area (Å²) in [5.41, 5.74) is 7.59. The van der Waals surface area contributed by atoms with Crippen LogP contribution < -0.4 is 15.8 Å². The molecule has 0 aliphatic rings. The number of nitrogen functional groups attached to an aromatic ring is 1. The maximum Gasteiger partial charge on any atom is 0.417 e. The van der Waals surface area contributed by atoms with Crippen LogP contribution in [-0.4, -0.2) is 6.09 Å². The van der Waals surface area contributed by atoms with Gasteiger partial charge in [0.05, 0.1) is 10.7 Å². The molecule has 0 aliphatic heterocycles. The monoisotopic (exact) mass is 310 g/mol. The molecule has 20 heavy (non-hydrogen) atoms. The third kappa shape index (κ3) is 3.56. The molecule has 6 heteroatoms. The van der Waals surface area contributed by atoms with Crippen molar-refractivity contribution in [2.45, 2.75) is 6.92 Å². The number of nitrogens with two attached hydrogens (primary N) is 1. The molecule has 2 aromatic rings. The molecule has 0 bridgehead atoms. The molecule has 0 unspecified atom stereocenters. The second kappa shape index (κ2) is 6.03. The molecule has 0 radical (unpaired) electrons. The second-order valence-electron chi connectivity index (χ2n) is 4.16. The highest BCUT2D eigenvalue weighted by Crippen LogP contribution is 2.26. The molecule has 3 N–H and O–H groups in total. The number of rotatable bonds is 2. The van der Waals surface area contributed by atoms with Crippen LogP contribution in [0.15, 0.2) is 36.4 Å². The van der Waals surface area contributed by atoms with E-state index in [0.717, 1.165) is 5.56 Å². The number of hydrogen-bond acceptors (Lipinski definition) is 3. The summed E-state index contributed by atoms with van der Waals surface area (Å²) in [7, 11) is 0. The first-order chi connectivity index (χ1) is 9.45. The molecule has 2 aromatic carbocycles. The summed E-state index contributed by atoms with van der Waals surface area (Å²) in [6.07, 6.45) is -0.669. The Morgan fingerprint density at radius 3 is 2.65 bits per heavy atom. The van der Waals surface area contributed by atoms with Crippen LogP contribution >= 0.6 is 23.2 Å². The van der Waals surface area contributed by atoms with E-state index in [1.54, 1.807) is 30.3 Å². The number of halogens is 2. The quantitative estimate of drug-likeness (QED) is 0.803. The summed E-state index contributed by atoms with van der Waals surface area (Å²) < 4.78 is 5.12. The zero-order valence-electron chi connectivity index (χ0n) is 10.6. The Kier molecular flexibility index (Phi) is 4.37. The predicted octanol–water partition coefficient (Wildman–Crippen LogP) is 4.49. The number of carbonyl (C=O) groups excluding carboxylic acids is 1. The van der Waals surface area contributed by atoms with Gasteiger partial charge in [-0.1, -0.05) is 29.3 Å². The van der Waals surface area contributed by atoms with Gasteiger partial charge in [-0.3, -0.25) is 5.32 Å². The van der Waals surface area contributed by atoms with Crippen LogP contribution in [0.1, 0.15) is 5.56 Å². The first-order valence-corrected chi connectivity index (χ1v) is 6.51. The Balaban J connectivity index is 2.09. The molecule has 1 amide bonds. The minimum Gasteiger partial charge on any atom is -0.410 e. The normalized spacial score (nSPS) is 10.2. The van der Waals surface area contributed by atoms with Crippen LogP contribution in [0.3, 0.4) is 0 Å². The number of aryl methyl sites for hydroxylation is 1. The van der Waals surface area contributed by atoms with Gasteiger partial charge >= 0.3 is 6.09 Å². The predicted molar refractivity (Wildman–Crippen MR) is 81.7 cm³/mol. The van der Waals surface area contributed by atoms with Crippen LogP contribution in [-0.2, 0) is 0 Å². The van der Waals surface area contributed by atoms with E-state index in [1.165, 1.54) is 6.07 Å². The van der Waals surface area contributed by atoms with Crippen molar-refractivity contribution in [1.82, 2.24) is 0 Å². The van der Waals surface area contributed by atoms with Gasteiger partial charge in [-0.05, 0) is 36.8 Å². The summed E-state index contributed by atoms with van der Waals surface area (Å²) in [5.74, 6) is 0.351. The molecule has 0 atom stereocenters. The number of carbonyl (C=O) groups is 1. The van der Waals surface area contributed by atoms with Crippen LogP contribution in [0.25, 0.3) is 0 Å². The summed E-state index contributed by atoms with van der Waals surface area (Å²) in [6.45, 7) is 1.87. The van der Waals surface area contributed by atoms with Crippen molar-refractivity contribution in [3.05, 3.63) is 52.0 Å². The molecular weight excluding hydrogens is 299 g/mol. The fourth-order valence-corrected chi connectivity index (χ4v) is 1.85. The molecule has 0 saturated carbocycles. The van der Waals surface area contributed by atoms with E-state index in [4.69, 9.17) is 33.7 Å². The highest BCUT2D eigenvalue weighted by molar-refractivity contribution is 6.35. The van der Waals surface area contributed by atoms with Gasteiger partial charge in [0.25, 0.3) is 0 Å². The number of anilines is 2. The third-order valence-electron chi connectivity index (χ3n) is 2.63. The fourth-order valence-electron chi connectivity index (χ4n) is 1.52. The lowest BCUT2D eigenvalue weighted by Crippen LogP contribution is -2.17. The van der Waals surface area contributed by atoms with Crippen molar-refractivity contribution in [3.63, 3.8) is 0 Å². The van der Waals surface area contributed by atoms with Crippen molar-refractivity contribution >= 4 is 40.7 Å². The molecule has 0 aliphatic carbocycles. The molecule has 0 fully saturated rings. The Bertz CT molecular complexity index is 660. The molecule has 2 rings (SSSR count). The fraction of sp³-hybridized carbons (Fsp3) is 0.0714. The van der Waals surface area contributed by atoms with Crippen molar-refractivity contribution in [2.24, 2.45) is 0 Å². The van der Waals surface area contributed by atoms with E-state index in [9.17, 15) is 4.79 Å². The number of nitrogens with one attached hydrogen (secondary N) is 1. The topological polar surface area (TPSA) is 64.3 Å². The van der Waals surface area contributed by atoms with Gasteiger partial charge in [0.15, 0.2) is 0 Å². The van der Waals surface area contributed by atoms with Crippen molar-refractivity contribution in [1.29, 1.82) is 0 Å².